The molecule has 146 valence electrons. The van der Waals surface area contributed by atoms with Crippen molar-refractivity contribution in [3.05, 3.63) is 70.1 Å². The van der Waals surface area contributed by atoms with Gasteiger partial charge in [-0.1, -0.05) is 18.2 Å². The van der Waals surface area contributed by atoms with E-state index in [-0.39, 0.29) is 11.4 Å². The monoisotopic (exact) mass is 391 g/mol. The molecule has 0 saturated carbocycles. The molecule has 0 aliphatic rings. The highest BCUT2D eigenvalue weighted by Gasteiger charge is 2.20. The van der Waals surface area contributed by atoms with Crippen molar-refractivity contribution in [3.8, 4) is 17.0 Å². The predicted octanol–water partition coefficient (Wildman–Crippen LogP) is 3.80. The van der Waals surface area contributed by atoms with Crippen LogP contribution in [0, 0.1) is 6.92 Å². The Labute approximate surface area is 165 Å². The molecular formula is C21H17N3O5. The number of rotatable bonds is 5. The van der Waals surface area contributed by atoms with E-state index >= 15 is 0 Å². The molecular weight excluding hydrogens is 374 g/mol. The van der Waals surface area contributed by atoms with Gasteiger partial charge in [0.25, 0.3) is 5.91 Å². The van der Waals surface area contributed by atoms with Crippen LogP contribution in [0.25, 0.3) is 22.2 Å². The zero-order chi connectivity index (χ0) is 20.4. The van der Waals surface area contributed by atoms with Crippen LogP contribution < -0.4 is 15.7 Å². The first-order chi connectivity index (χ1) is 14.1. The van der Waals surface area contributed by atoms with Crippen LogP contribution in [0.4, 0.5) is 5.82 Å². The number of para-hydroxylation sites is 1. The lowest BCUT2D eigenvalue weighted by atomic mass is 10.1. The Morgan fingerprint density at radius 3 is 2.76 bits per heavy atom. The molecule has 2 aromatic heterocycles. The van der Waals surface area contributed by atoms with Gasteiger partial charge in [0, 0.05) is 10.9 Å². The number of aromatic nitrogens is 2. The second kappa shape index (κ2) is 7.59. The first kappa shape index (κ1) is 18.4. The van der Waals surface area contributed by atoms with Crippen LogP contribution in [0.5, 0.6) is 5.75 Å². The molecule has 0 aliphatic heterocycles. The Kier molecular flexibility index (Phi) is 4.82. The highest BCUT2D eigenvalue weighted by molar-refractivity contribution is 6.06. The summed E-state index contributed by atoms with van der Waals surface area (Å²) in [4.78, 5) is 24.9. The van der Waals surface area contributed by atoms with Gasteiger partial charge in [0.15, 0.2) is 5.69 Å². The maximum Gasteiger partial charge on any atom is 0.349 e. The van der Waals surface area contributed by atoms with E-state index in [2.05, 4.69) is 15.6 Å². The smallest absolute Gasteiger partial charge is 0.349 e. The van der Waals surface area contributed by atoms with Crippen molar-refractivity contribution in [2.24, 2.45) is 0 Å². The third-order valence-corrected chi connectivity index (χ3v) is 4.35. The molecule has 8 heteroatoms. The molecule has 0 fully saturated rings. The van der Waals surface area contributed by atoms with E-state index in [1.165, 1.54) is 6.07 Å². The highest BCUT2D eigenvalue weighted by atomic mass is 16.6. The zero-order valence-corrected chi connectivity index (χ0v) is 15.8. The number of nitrogens with zero attached hydrogens (tertiary/aromatic N) is 2. The number of hydrogen-bond acceptors (Lipinski definition) is 7. The van der Waals surface area contributed by atoms with Crippen LogP contribution in [0.15, 0.2) is 62.4 Å². The van der Waals surface area contributed by atoms with Crippen molar-refractivity contribution in [1.29, 1.82) is 0 Å². The molecule has 1 amide bonds. The van der Waals surface area contributed by atoms with Gasteiger partial charge in [-0.05, 0) is 60.1 Å². The first-order valence-corrected chi connectivity index (χ1v) is 8.97. The zero-order valence-electron chi connectivity index (χ0n) is 15.8. The number of ether oxygens (including phenoxy) is 1. The van der Waals surface area contributed by atoms with Crippen LogP contribution in [0.1, 0.15) is 22.8 Å². The van der Waals surface area contributed by atoms with E-state index in [4.69, 9.17) is 13.8 Å². The number of amides is 1. The number of fused-ring (bicyclic) bond motifs is 1. The lowest BCUT2D eigenvalue weighted by Crippen LogP contribution is -2.21. The average molecular weight is 391 g/mol. The molecule has 2 aromatic carbocycles. The molecule has 0 atom stereocenters. The molecule has 1 N–H and O–H groups in total. The number of nitrogens with one attached hydrogen (secondary N) is 1. The standard InChI is InChI=1S/C21H17N3O5/c1-3-27-16-9-8-14(10-12(16)2)18-19(24-29-23-18)22-20(25)15-11-13-6-4-5-7-17(13)28-21(15)26/h4-11H,3H2,1-2H3,(H,22,24,25). The van der Waals surface area contributed by atoms with Crippen LogP contribution in [-0.2, 0) is 0 Å². The topological polar surface area (TPSA) is 107 Å². The summed E-state index contributed by atoms with van der Waals surface area (Å²) in [5, 5.41) is 10.8. The molecule has 4 rings (SSSR count). The normalized spacial score (nSPS) is 10.8. The summed E-state index contributed by atoms with van der Waals surface area (Å²) in [5.41, 5.74) is 1.46. The molecule has 0 radical (unpaired) electrons. The summed E-state index contributed by atoms with van der Waals surface area (Å²) in [5.74, 6) is 0.197. The summed E-state index contributed by atoms with van der Waals surface area (Å²) < 4.78 is 15.6. The van der Waals surface area contributed by atoms with Crippen LogP contribution in [0.3, 0.4) is 0 Å². The minimum Gasteiger partial charge on any atom is -0.494 e. The average Bonchev–Trinajstić information content (AvgIpc) is 3.17. The van der Waals surface area contributed by atoms with E-state index < -0.39 is 11.5 Å². The fourth-order valence-corrected chi connectivity index (χ4v) is 2.97. The summed E-state index contributed by atoms with van der Waals surface area (Å²) in [6.07, 6.45) is 0. The first-order valence-electron chi connectivity index (χ1n) is 8.97. The van der Waals surface area contributed by atoms with Gasteiger partial charge in [0.1, 0.15) is 16.9 Å². The minimum absolute atomic E-state index is 0.103. The Balaban J connectivity index is 1.64. The van der Waals surface area contributed by atoms with E-state index in [9.17, 15) is 9.59 Å². The third-order valence-electron chi connectivity index (χ3n) is 4.35. The molecule has 0 bridgehead atoms. The van der Waals surface area contributed by atoms with E-state index in [0.29, 0.717) is 28.8 Å². The highest BCUT2D eigenvalue weighted by Crippen LogP contribution is 2.29. The van der Waals surface area contributed by atoms with Gasteiger partial charge in [0.05, 0.1) is 6.61 Å². The number of anilines is 1. The number of aryl methyl sites for hydroxylation is 1. The van der Waals surface area contributed by atoms with Crippen molar-refractivity contribution in [2.45, 2.75) is 13.8 Å². The lowest BCUT2D eigenvalue weighted by Gasteiger charge is -2.08. The second-order valence-corrected chi connectivity index (χ2v) is 6.31. The van der Waals surface area contributed by atoms with Crippen molar-refractivity contribution in [3.63, 3.8) is 0 Å². The van der Waals surface area contributed by atoms with E-state index in [0.717, 1.165) is 11.3 Å². The summed E-state index contributed by atoms with van der Waals surface area (Å²) in [6, 6.07) is 13.9. The predicted molar refractivity (Wildman–Crippen MR) is 106 cm³/mol. The Morgan fingerprint density at radius 1 is 1.14 bits per heavy atom. The van der Waals surface area contributed by atoms with Crippen LogP contribution >= 0.6 is 0 Å². The van der Waals surface area contributed by atoms with Crippen molar-refractivity contribution < 1.29 is 18.6 Å². The van der Waals surface area contributed by atoms with Gasteiger partial charge < -0.3 is 14.5 Å². The van der Waals surface area contributed by atoms with Gasteiger partial charge in [-0.25, -0.2) is 9.42 Å². The maximum absolute atomic E-state index is 12.7. The van der Waals surface area contributed by atoms with Gasteiger partial charge in [-0.3, -0.25) is 4.79 Å². The fourth-order valence-electron chi connectivity index (χ4n) is 2.97. The van der Waals surface area contributed by atoms with E-state index in [1.807, 2.05) is 26.0 Å². The molecule has 4 aromatic rings. The quantitative estimate of drug-likeness (QED) is 0.516. The summed E-state index contributed by atoms with van der Waals surface area (Å²) in [6.45, 7) is 4.37. The van der Waals surface area contributed by atoms with Crippen LogP contribution in [-0.4, -0.2) is 22.8 Å². The lowest BCUT2D eigenvalue weighted by molar-refractivity contribution is 0.102. The van der Waals surface area contributed by atoms with Crippen molar-refractivity contribution >= 4 is 22.7 Å². The Bertz CT molecular complexity index is 1260. The number of carbonyl (C=O) groups is 1. The fraction of sp³-hybridized carbons (Fsp3) is 0.143. The number of carbonyl (C=O) groups excluding carboxylic acids is 1. The molecule has 0 saturated heterocycles. The van der Waals surface area contributed by atoms with Crippen molar-refractivity contribution in [1.82, 2.24) is 10.3 Å². The second-order valence-electron chi connectivity index (χ2n) is 6.31. The molecule has 8 nitrogen and oxygen atoms in total. The summed E-state index contributed by atoms with van der Waals surface area (Å²) >= 11 is 0. The SMILES string of the molecule is CCOc1ccc(-c2nonc2NC(=O)c2cc3ccccc3oc2=O)cc1C. The van der Waals surface area contributed by atoms with Gasteiger partial charge in [0.2, 0.25) is 5.82 Å². The van der Waals surface area contributed by atoms with E-state index in [1.54, 1.807) is 30.3 Å². The molecule has 29 heavy (non-hydrogen) atoms. The van der Waals surface area contributed by atoms with Crippen molar-refractivity contribution in [2.75, 3.05) is 11.9 Å². The molecule has 2 heterocycles. The van der Waals surface area contributed by atoms with Crippen LogP contribution in [0.2, 0.25) is 0 Å². The third kappa shape index (κ3) is 3.60. The Hall–Kier alpha value is -3.94. The molecule has 0 unspecified atom stereocenters. The molecule has 0 aliphatic carbocycles. The number of hydrogen-bond donors (Lipinski definition) is 1. The number of benzene rings is 2. The van der Waals surface area contributed by atoms with Gasteiger partial charge >= 0.3 is 5.63 Å². The van der Waals surface area contributed by atoms with Gasteiger partial charge in [-0.2, -0.15) is 0 Å². The minimum atomic E-state index is -0.740. The largest absolute Gasteiger partial charge is 0.494 e. The molecule has 0 spiro atoms. The summed E-state index contributed by atoms with van der Waals surface area (Å²) in [7, 11) is 0. The Morgan fingerprint density at radius 2 is 1.97 bits per heavy atom. The van der Waals surface area contributed by atoms with Gasteiger partial charge in [-0.15, -0.1) is 0 Å². The maximum atomic E-state index is 12.7.